The molecule has 0 spiro atoms. The van der Waals surface area contributed by atoms with Gasteiger partial charge in [-0.25, -0.2) is 4.68 Å². The Balaban J connectivity index is 1.86. The summed E-state index contributed by atoms with van der Waals surface area (Å²) in [6.07, 6.45) is 0. The van der Waals surface area contributed by atoms with Gasteiger partial charge in [-0.2, -0.15) is 4.98 Å². The normalized spacial score (nSPS) is 15.7. The molecule has 29 heavy (non-hydrogen) atoms. The number of benzene rings is 1. The van der Waals surface area contributed by atoms with Crippen LogP contribution in [0.15, 0.2) is 40.9 Å². The summed E-state index contributed by atoms with van der Waals surface area (Å²) in [6.45, 7) is 3.83. The number of hydrogen-bond acceptors (Lipinski definition) is 7. The SMILES string of the molecule is COc1ccc(-c2nc3n(n2)C(c2sccc2C)C(C(N)=O)=C(C)N3)cc1OC. The first-order chi connectivity index (χ1) is 13.9. The number of nitrogens with zero attached hydrogens (tertiary/aromatic N) is 3. The molecule has 3 heterocycles. The van der Waals surface area contributed by atoms with Crippen LogP contribution in [-0.2, 0) is 4.79 Å². The zero-order valence-corrected chi connectivity index (χ0v) is 17.3. The van der Waals surface area contributed by atoms with Crippen LogP contribution in [0.5, 0.6) is 11.5 Å². The summed E-state index contributed by atoms with van der Waals surface area (Å²) in [7, 11) is 3.17. The van der Waals surface area contributed by atoms with Crippen molar-refractivity contribution in [2.24, 2.45) is 5.73 Å². The number of allylic oxidation sites excluding steroid dienone is 1. The van der Waals surface area contributed by atoms with Gasteiger partial charge in [-0.1, -0.05) is 0 Å². The van der Waals surface area contributed by atoms with Crippen molar-refractivity contribution in [1.82, 2.24) is 14.8 Å². The Morgan fingerprint density at radius 2 is 1.97 bits per heavy atom. The molecule has 3 N–H and O–H groups in total. The molecule has 0 aliphatic carbocycles. The van der Waals surface area contributed by atoms with E-state index < -0.39 is 11.9 Å². The van der Waals surface area contributed by atoms with Gasteiger partial charge in [-0.05, 0) is 49.1 Å². The smallest absolute Gasteiger partial charge is 0.248 e. The quantitative estimate of drug-likeness (QED) is 0.669. The number of nitrogens with one attached hydrogen (secondary N) is 1. The fourth-order valence-electron chi connectivity index (χ4n) is 3.47. The second-order valence-corrected chi connectivity index (χ2v) is 7.62. The minimum atomic E-state index is -0.485. The third kappa shape index (κ3) is 3.13. The molecule has 1 aliphatic rings. The number of ether oxygens (including phenoxy) is 2. The molecule has 9 heteroatoms. The van der Waals surface area contributed by atoms with Crippen molar-refractivity contribution in [2.45, 2.75) is 19.9 Å². The molecular formula is C20H21N5O3S. The van der Waals surface area contributed by atoms with Crippen molar-refractivity contribution in [1.29, 1.82) is 0 Å². The van der Waals surface area contributed by atoms with Crippen LogP contribution in [0.2, 0.25) is 0 Å². The molecule has 1 unspecified atom stereocenters. The number of aryl methyl sites for hydroxylation is 1. The van der Waals surface area contributed by atoms with E-state index in [-0.39, 0.29) is 0 Å². The maximum atomic E-state index is 12.3. The number of primary amides is 1. The van der Waals surface area contributed by atoms with Crippen LogP contribution in [0.25, 0.3) is 11.4 Å². The van der Waals surface area contributed by atoms with E-state index in [1.807, 2.05) is 37.4 Å². The van der Waals surface area contributed by atoms with Crippen molar-refractivity contribution in [3.63, 3.8) is 0 Å². The lowest BCUT2D eigenvalue weighted by Crippen LogP contribution is -2.31. The van der Waals surface area contributed by atoms with Crippen LogP contribution in [0.3, 0.4) is 0 Å². The van der Waals surface area contributed by atoms with Crippen LogP contribution < -0.4 is 20.5 Å². The number of nitrogens with two attached hydrogens (primary N) is 1. The number of fused-ring (bicyclic) bond motifs is 1. The number of rotatable bonds is 5. The van der Waals surface area contributed by atoms with Crippen LogP contribution in [0.4, 0.5) is 5.95 Å². The largest absolute Gasteiger partial charge is 0.493 e. The second-order valence-electron chi connectivity index (χ2n) is 6.67. The minimum absolute atomic E-state index is 0.426. The van der Waals surface area contributed by atoms with Crippen LogP contribution >= 0.6 is 11.3 Å². The Morgan fingerprint density at radius 1 is 1.21 bits per heavy atom. The van der Waals surface area contributed by atoms with Crippen molar-refractivity contribution < 1.29 is 14.3 Å². The number of hydrogen-bond donors (Lipinski definition) is 2. The van der Waals surface area contributed by atoms with Gasteiger partial charge in [0.1, 0.15) is 6.04 Å². The Kier molecular flexibility index (Phi) is 4.75. The summed E-state index contributed by atoms with van der Waals surface area (Å²) in [5.74, 6) is 1.78. The summed E-state index contributed by atoms with van der Waals surface area (Å²) in [6, 6.07) is 7.08. The van der Waals surface area contributed by atoms with E-state index >= 15 is 0 Å². The zero-order chi connectivity index (χ0) is 20.7. The molecule has 3 aromatic rings. The minimum Gasteiger partial charge on any atom is -0.493 e. The highest BCUT2D eigenvalue weighted by Crippen LogP contribution is 2.40. The molecule has 0 bridgehead atoms. The first kappa shape index (κ1) is 19.0. The molecule has 1 aromatic carbocycles. The Bertz CT molecular complexity index is 1130. The van der Waals surface area contributed by atoms with E-state index in [9.17, 15) is 4.79 Å². The van der Waals surface area contributed by atoms with E-state index in [0.29, 0.717) is 34.5 Å². The van der Waals surface area contributed by atoms with Crippen LogP contribution in [0.1, 0.15) is 23.4 Å². The highest BCUT2D eigenvalue weighted by Gasteiger charge is 2.35. The second kappa shape index (κ2) is 7.25. The number of aromatic nitrogens is 3. The van der Waals surface area contributed by atoms with Crippen molar-refractivity contribution in [3.8, 4) is 22.9 Å². The van der Waals surface area contributed by atoms with Gasteiger partial charge in [0.05, 0.1) is 19.8 Å². The monoisotopic (exact) mass is 411 g/mol. The van der Waals surface area contributed by atoms with Crippen molar-refractivity contribution >= 4 is 23.2 Å². The number of anilines is 1. The number of thiophene rings is 1. The molecule has 0 radical (unpaired) electrons. The molecule has 2 aromatic heterocycles. The predicted octanol–water partition coefficient (Wildman–Crippen LogP) is 3.11. The zero-order valence-electron chi connectivity index (χ0n) is 16.5. The van der Waals surface area contributed by atoms with Gasteiger partial charge in [0.25, 0.3) is 0 Å². The maximum Gasteiger partial charge on any atom is 0.248 e. The molecule has 4 rings (SSSR count). The lowest BCUT2D eigenvalue weighted by Gasteiger charge is -2.27. The van der Waals surface area contributed by atoms with E-state index in [0.717, 1.165) is 16.0 Å². The fourth-order valence-corrected chi connectivity index (χ4v) is 4.49. The van der Waals surface area contributed by atoms with E-state index in [2.05, 4.69) is 10.3 Å². The first-order valence-corrected chi connectivity index (χ1v) is 9.83. The molecule has 1 amide bonds. The molecule has 8 nitrogen and oxygen atoms in total. The first-order valence-electron chi connectivity index (χ1n) is 8.95. The van der Waals surface area contributed by atoms with E-state index in [4.69, 9.17) is 20.3 Å². The van der Waals surface area contributed by atoms with Crippen LogP contribution in [0, 0.1) is 6.92 Å². The lowest BCUT2D eigenvalue weighted by atomic mass is 9.99. The van der Waals surface area contributed by atoms with Gasteiger partial charge in [0, 0.05) is 16.1 Å². The molecule has 0 fully saturated rings. The Labute approximate surface area is 172 Å². The molecule has 1 atom stereocenters. The van der Waals surface area contributed by atoms with Gasteiger partial charge in [0.2, 0.25) is 11.9 Å². The van der Waals surface area contributed by atoms with Crippen molar-refractivity contribution in [3.05, 3.63) is 51.4 Å². The summed E-state index contributed by atoms with van der Waals surface area (Å²) in [5.41, 5.74) is 8.72. The summed E-state index contributed by atoms with van der Waals surface area (Å²) in [4.78, 5) is 17.9. The Hall–Kier alpha value is -3.33. The lowest BCUT2D eigenvalue weighted by molar-refractivity contribution is -0.115. The van der Waals surface area contributed by atoms with Gasteiger partial charge in [-0.15, -0.1) is 16.4 Å². The molecular weight excluding hydrogens is 390 g/mol. The molecule has 0 saturated carbocycles. The third-order valence-corrected chi connectivity index (χ3v) is 5.98. The fraction of sp³-hybridized carbons (Fsp3) is 0.250. The third-order valence-electron chi connectivity index (χ3n) is 4.91. The number of carbonyl (C=O) groups is 1. The summed E-state index contributed by atoms with van der Waals surface area (Å²) >= 11 is 1.56. The standard InChI is InChI=1S/C20H21N5O3S/c1-10-7-8-29-17(10)16-15(18(21)26)11(2)22-20-23-19(24-25(16)20)12-5-6-13(27-3)14(9-12)28-4/h5-9,16H,1-4H3,(H2,21,26)(H,22,23,24). The number of carbonyl (C=O) groups excluding carboxylic acids is 1. The average molecular weight is 411 g/mol. The highest BCUT2D eigenvalue weighted by atomic mass is 32.1. The number of amides is 1. The van der Waals surface area contributed by atoms with Crippen LogP contribution in [-0.4, -0.2) is 34.9 Å². The van der Waals surface area contributed by atoms with E-state index in [1.54, 1.807) is 36.3 Å². The molecule has 0 saturated heterocycles. The highest BCUT2D eigenvalue weighted by molar-refractivity contribution is 7.10. The maximum absolute atomic E-state index is 12.3. The van der Waals surface area contributed by atoms with E-state index in [1.165, 1.54) is 0 Å². The topological polar surface area (TPSA) is 104 Å². The van der Waals surface area contributed by atoms with Gasteiger partial charge in [0.15, 0.2) is 17.3 Å². The molecule has 150 valence electrons. The number of methoxy groups -OCH3 is 2. The average Bonchev–Trinajstić information content (AvgIpc) is 3.32. The summed E-state index contributed by atoms with van der Waals surface area (Å²) in [5, 5.41) is 9.86. The van der Waals surface area contributed by atoms with Gasteiger partial charge < -0.3 is 20.5 Å². The predicted molar refractivity (Wildman–Crippen MR) is 111 cm³/mol. The summed E-state index contributed by atoms with van der Waals surface area (Å²) < 4.78 is 12.4. The Morgan fingerprint density at radius 3 is 2.59 bits per heavy atom. The van der Waals surface area contributed by atoms with Crippen molar-refractivity contribution in [2.75, 3.05) is 19.5 Å². The van der Waals surface area contributed by atoms with Gasteiger partial charge in [-0.3, -0.25) is 4.79 Å². The molecule has 1 aliphatic heterocycles. The van der Waals surface area contributed by atoms with Gasteiger partial charge >= 0.3 is 0 Å².